The van der Waals surface area contributed by atoms with Gasteiger partial charge < -0.3 is 20.4 Å². The van der Waals surface area contributed by atoms with Crippen LogP contribution < -0.4 is 15.5 Å². The molecule has 1 aliphatic rings. The zero-order valence-electron chi connectivity index (χ0n) is 17.1. The maximum Gasteiger partial charge on any atom is 0.191 e. The second-order valence-electron chi connectivity index (χ2n) is 6.94. The van der Waals surface area contributed by atoms with Gasteiger partial charge in [0.15, 0.2) is 5.96 Å². The normalized spacial score (nSPS) is 15.7. The minimum absolute atomic E-state index is 0.622. The van der Waals surface area contributed by atoms with E-state index in [0.717, 1.165) is 55.9 Å². The fraction of sp³-hybridized carbons (Fsp3) is 0.550. The first-order valence-corrected chi connectivity index (χ1v) is 10.8. The number of rotatable bonds is 7. The first kappa shape index (κ1) is 20.5. The molecule has 1 fully saturated rings. The average Bonchev–Trinajstić information content (AvgIpc) is 3.19. The molecule has 0 saturated carbocycles. The predicted octanol–water partition coefficient (Wildman–Crippen LogP) is 2.11. The van der Waals surface area contributed by atoms with E-state index in [4.69, 9.17) is 4.99 Å². The highest BCUT2D eigenvalue weighted by atomic mass is 32.1. The highest BCUT2D eigenvalue weighted by Gasteiger charge is 2.15. The van der Waals surface area contributed by atoms with Gasteiger partial charge in [-0.15, -0.1) is 11.3 Å². The zero-order chi connectivity index (χ0) is 19.8. The Hall–Kier alpha value is -2.19. The van der Waals surface area contributed by atoms with Gasteiger partial charge in [0.05, 0.1) is 13.1 Å². The monoisotopic (exact) mass is 401 g/mol. The summed E-state index contributed by atoms with van der Waals surface area (Å²) in [6.45, 7) is 10.6. The molecule has 0 radical (unpaired) electrons. The predicted molar refractivity (Wildman–Crippen MR) is 117 cm³/mol. The molecule has 0 aliphatic carbocycles. The Morgan fingerprint density at radius 3 is 2.71 bits per heavy atom. The third kappa shape index (κ3) is 5.90. The van der Waals surface area contributed by atoms with E-state index >= 15 is 0 Å². The first-order valence-electron chi connectivity index (χ1n) is 10.0. The lowest BCUT2D eigenvalue weighted by atomic mass is 10.2. The summed E-state index contributed by atoms with van der Waals surface area (Å²) >= 11 is 1.75. The van der Waals surface area contributed by atoms with E-state index in [9.17, 15) is 0 Å². The van der Waals surface area contributed by atoms with Gasteiger partial charge in [-0.1, -0.05) is 6.92 Å². The van der Waals surface area contributed by atoms with Crippen molar-refractivity contribution < 1.29 is 0 Å². The molecule has 152 valence electrons. The van der Waals surface area contributed by atoms with Crippen LogP contribution in [-0.4, -0.2) is 60.6 Å². The van der Waals surface area contributed by atoms with Crippen LogP contribution in [0.25, 0.3) is 0 Å². The summed E-state index contributed by atoms with van der Waals surface area (Å²) in [4.78, 5) is 19.8. The molecule has 1 saturated heterocycles. The van der Waals surface area contributed by atoms with Crippen molar-refractivity contribution in [2.75, 3.05) is 44.7 Å². The zero-order valence-corrected chi connectivity index (χ0v) is 17.9. The van der Waals surface area contributed by atoms with Crippen molar-refractivity contribution in [2.45, 2.75) is 33.4 Å². The summed E-state index contributed by atoms with van der Waals surface area (Å²) in [5.41, 5.74) is 1.17. The lowest BCUT2D eigenvalue weighted by Crippen LogP contribution is -2.44. The molecule has 2 aromatic rings. The van der Waals surface area contributed by atoms with Gasteiger partial charge in [0, 0.05) is 50.0 Å². The highest BCUT2D eigenvalue weighted by molar-refractivity contribution is 7.11. The number of thiazole rings is 1. The molecule has 1 aliphatic heterocycles. The van der Waals surface area contributed by atoms with Crippen molar-refractivity contribution >= 4 is 23.1 Å². The molecule has 2 N–H and O–H groups in total. The van der Waals surface area contributed by atoms with Crippen LogP contribution in [0.5, 0.6) is 0 Å². The number of pyridine rings is 1. The van der Waals surface area contributed by atoms with Crippen LogP contribution in [0.1, 0.15) is 29.3 Å². The number of likely N-dealkylation sites (N-methyl/N-ethyl adjacent to an activating group) is 1. The van der Waals surface area contributed by atoms with Crippen LogP contribution in [0.3, 0.4) is 0 Å². The lowest BCUT2D eigenvalue weighted by molar-refractivity contribution is 0.312. The van der Waals surface area contributed by atoms with Crippen molar-refractivity contribution in [2.24, 2.45) is 4.99 Å². The molecule has 0 aromatic carbocycles. The van der Waals surface area contributed by atoms with Crippen LogP contribution in [-0.2, 0) is 19.5 Å². The summed E-state index contributed by atoms with van der Waals surface area (Å²) in [5.74, 6) is 1.86. The van der Waals surface area contributed by atoms with Crippen molar-refractivity contribution in [1.29, 1.82) is 0 Å². The second-order valence-corrected chi connectivity index (χ2v) is 8.13. The number of nitrogens with one attached hydrogen (secondary N) is 2. The van der Waals surface area contributed by atoms with E-state index in [2.05, 4.69) is 57.4 Å². The molecule has 28 heavy (non-hydrogen) atoms. The minimum atomic E-state index is 0.622. The number of nitrogens with zero attached hydrogens (tertiary/aromatic N) is 5. The molecule has 0 unspecified atom stereocenters. The fourth-order valence-electron chi connectivity index (χ4n) is 3.03. The fourth-order valence-corrected chi connectivity index (χ4v) is 3.83. The Balaban J connectivity index is 1.59. The molecule has 0 amide bonds. The standard InChI is InChI=1S/C20H31N7S/c1-4-17-14-23-19(28-17)15-25-20(21-5-2)24-13-16-6-7-22-18(12-16)27-10-8-26(3)9-11-27/h6-7,12,14H,4-5,8-11,13,15H2,1-3H3,(H2,21,24,25). The van der Waals surface area contributed by atoms with E-state index in [1.165, 1.54) is 10.4 Å². The third-order valence-electron chi connectivity index (χ3n) is 4.76. The van der Waals surface area contributed by atoms with Crippen molar-refractivity contribution in [3.63, 3.8) is 0 Å². The summed E-state index contributed by atoms with van der Waals surface area (Å²) in [6, 6.07) is 4.20. The van der Waals surface area contributed by atoms with E-state index in [-0.39, 0.29) is 0 Å². The molecule has 0 atom stereocenters. The van der Waals surface area contributed by atoms with Crippen LogP contribution >= 0.6 is 11.3 Å². The number of hydrogen-bond acceptors (Lipinski definition) is 6. The Kier molecular flexibility index (Phi) is 7.62. The smallest absolute Gasteiger partial charge is 0.191 e. The molecular weight excluding hydrogens is 370 g/mol. The maximum absolute atomic E-state index is 4.74. The van der Waals surface area contributed by atoms with Crippen molar-refractivity contribution in [3.05, 3.63) is 40.0 Å². The van der Waals surface area contributed by atoms with Crippen LogP contribution in [0.4, 0.5) is 5.82 Å². The Morgan fingerprint density at radius 2 is 2.00 bits per heavy atom. The Bertz CT molecular complexity index is 765. The van der Waals surface area contributed by atoms with E-state index < -0.39 is 0 Å². The molecule has 3 rings (SSSR count). The molecule has 8 heteroatoms. The summed E-state index contributed by atoms with van der Waals surface area (Å²) in [6.07, 6.45) is 4.88. The number of hydrogen-bond donors (Lipinski definition) is 2. The Labute approximate surface area is 171 Å². The number of guanidine groups is 1. The van der Waals surface area contributed by atoms with Crippen molar-refractivity contribution in [3.8, 4) is 0 Å². The highest BCUT2D eigenvalue weighted by Crippen LogP contribution is 2.15. The lowest BCUT2D eigenvalue weighted by Gasteiger charge is -2.33. The largest absolute Gasteiger partial charge is 0.357 e. The minimum Gasteiger partial charge on any atom is -0.357 e. The van der Waals surface area contributed by atoms with E-state index in [1.54, 1.807) is 11.3 Å². The molecule has 0 spiro atoms. The SMILES string of the molecule is CCNC(=NCc1ccnc(N2CCN(C)CC2)c1)NCc1ncc(CC)s1. The quantitative estimate of drug-likeness (QED) is 0.547. The number of piperazine rings is 1. The first-order chi connectivity index (χ1) is 13.7. The topological polar surface area (TPSA) is 68.7 Å². The van der Waals surface area contributed by atoms with Gasteiger partial charge in [-0.05, 0) is 38.1 Å². The summed E-state index contributed by atoms with van der Waals surface area (Å²) in [7, 11) is 2.17. The van der Waals surface area contributed by atoms with Gasteiger partial charge in [-0.25, -0.2) is 15.0 Å². The summed E-state index contributed by atoms with van der Waals surface area (Å²) in [5, 5.41) is 7.78. The van der Waals surface area contributed by atoms with Crippen molar-refractivity contribution in [1.82, 2.24) is 25.5 Å². The third-order valence-corrected chi connectivity index (χ3v) is 5.90. The van der Waals surface area contributed by atoms with Gasteiger partial charge in [-0.2, -0.15) is 0 Å². The van der Waals surface area contributed by atoms with Gasteiger partial charge in [-0.3, -0.25) is 0 Å². The van der Waals surface area contributed by atoms with Gasteiger partial charge in [0.1, 0.15) is 10.8 Å². The second kappa shape index (κ2) is 10.4. The van der Waals surface area contributed by atoms with Gasteiger partial charge in [0.25, 0.3) is 0 Å². The Morgan fingerprint density at radius 1 is 1.18 bits per heavy atom. The van der Waals surface area contributed by atoms with Gasteiger partial charge in [0.2, 0.25) is 0 Å². The van der Waals surface area contributed by atoms with Crippen LogP contribution in [0.15, 0.2) is 29.5 Å². The molecule has 3 heterocycles. The summed E-state index contributed by atoms with van der Waals surface area (Å²) < 4.78 is 0. The average molecular weight is 402 g/mol. The maximum atomic E-state index is 4.74. The van der Waals surface area contributed by atoms with E-state index in [1.807, 2.05) is 18.5 Å². The van der Waals surface area contributed by atoms with E-state index in [0.29, 0.717) is 13.1 Å². The number of aliphatic imine (C=N–C) groups is 1. The number of anilines is 1. The van der Waals surface area contributed by atoms with Gasteiger partial charge >= 0.3 is 0 Å². The number of aryl methyl sites for hydroxylation is 1. The molecule has 2 aromatic heterocycles. The molecule has 0 bridgehead atoms. The number of aromatic nitrogens is 2. The van der Waals surface area contributed by atoms with Crippen LogP contribution in [0.2, 0.25) is 0 Å². The van der Waals surface area contributed by atoms with Crippen LogP contribution in [0, 0.1) is 0 Å². The molecular formula is C20H31N7S. The molecule has 7 nitrogen and oxygen atoms in total.